The van der Waals surface area contributed by atoms with Gasteiger partial charge in [-0.25, -0.2) is 19.3 Å². The smallest absolute Gasteiger partial charge is 0.223 e. The molecule has 31 heavy (non-hydrogen) atoms. The number of fused-ring (bicyclic) bond motifs is 1. The molecule has 0 bridgehead atoms. The normalized spacial score (nSPS) is 11.0. The van der Waals surface area contributed by atoms with Gasteiger partial charge in [0.05, 0.1) is 5.69 Å². The highest BCUT2D eigenvalue weighted by Crippen LogP contribution is 2.30. The Labute approximate surface area is 179 Å². The highest BCUT2D eigenvalue weighted by molar-refractivity contribution is 5.95. The zero-order valence-electron chi connectivity index (χ0n) is 16.7. The van der Waals surface area contributed by atoms with Crippen molar-refractivity contribution in [2.45, 2.75) is 6.42 Å². The molecule has 0 fully saturated rings. The van der Waals surface area contributed by atoms with Crippen LogP contribution < -0.4 is 5.32 Å². The first-order chi connectivity index (χ1) is 15.3. The molecule has 0 aliphatic heterocycles. The number of benzene rings is 2. The van der Waals surface area contributed by atoms with E-state index in [0.717, 1.165) is 46.4 Å². The summed E-state index contributed by atoms with van der Waals surface area (Å²) in [7, 11) is 0. The first kappa shape index (κ1) is 18.9. The van der Waals surface area contributed by atoms with Gasteiger partial charge in [0.15, 0.2) is 0 Å². The SMILES string of the molecule is Fc1ccc(-c2cnc3[nH]cc(-c4ccnc(NCCc5ccccc5)n4)c3c2)cc1. The number of nitrogens with zero attached hydrogens (tertiary/aromatic N) is 3. The van der Waals surface area contributed by atoms with Crippen molar-refractivity contribution < 1.29 is 4.39 Å². The van der Waals surface area contributed by atoms with Gasteiger partial charge in [-0.05, 0) is 41.8 Å². The standard InChI is InChI=1S/C25H20FN5/c26-20-8-6-18(7-9-20)19-14-21-22(16-30-24(21)29-15-19)23-11-13-28-25(31-23)27-12-10-17-4-2-1-3-5-17/h1-9,11,13-16H,10,12H2,(H,29,30)(H,27,28,31). The van der Waals surface area contributed by atoms with Crippen molar-refractivity contribution >= 4 is 17.0 Å². The molecule has 5 rings (SSSR count). The highest BCUT2D eigenvalue weighted by Gasteiger charge is 2.11. The largest absolute Gasteiger partial charge is 0.354 e. The monoisotopic (exact) mass is 409 g/mol. The average molecular weight is 409 g/mol. The van der Waals surface area contributed by atoms with Crippen LogP contribution in [0.5, 0.6) is 0 Å². The quantitative estimate of drug-likeness (QED) is 0.390. The molecule has 0 amide bonds. The van der Waals surface area contributed by atoms with Crippen molar-refractivity contribution in [3.05, 3.63) is 96.7 Å². The molecule has 2 N–H and O–H groups in total. The molecule has 0 aliphatic carbocycles. The minimum Gasteiger partial charge on any atom is -0.354 e. The zero-order valence-corrected chi connectivity index (χ0v) is 16.7. The van der Waals surface area contributed by atoms with Crippen molar-refractivity contribution in [3.8, 4) is 22.4 Å². The van der Waals surface area contributed by atoms with Crippen LogP contribution in [0.15, 0.2) is 85.3 Å². The molecular weight excluding hydrogens is 389 g/mol. The van der Waals surface area contributed by atoms with Gasteiger partial charge in [-0.1, -0.05) is 42.5 Å². The van der Waals surface area contributed by atoms with Gasteiger partial charge in [0.1, 0.15) is 11.5 Å². The van der Waals surface area contributed by atoms with Crippen LogP contribution in [0.4, 0.5) is 10.3 Å². The Balaban J connectivity index is 1.40. The van der Waals surface area contributed by atoms with Crippen molar-refractivity contribution in [2.75, 3.05) is 11.9 Å². The fourth-order valence-electron chi connectivity index (χ4n) is 3.57. The second kappa shape index (κ2) is 8.36. The Morgan fingerprint density at radius 3 is 2.58 bits per heavy atom. The Hall–Kier alpha value is -4.06. The number of pyridine rings is 1. The van der Waals surface area contributed by atoms with Crippen LogP contribution in [0.25, 0.3) is 33.4 Å². The molecule has 5 nitrogen and oxygen atoms in total. The maximum atomic E-state index is 13.3. The maximum absolute atomic E-state index is 13.3. The van der Waals surface area contributed by atoms with E-state index < -0.39 is 0 Å². The summed E-state index contributed by atoms with van der Waals surface area (Å²) in [6.07, 6.45) is 6.34. The van der Waals surface area contributed by atoms with E-state index in [2.05, 4.69) is 32.4 Å². The third-order valence-electron chi connectivity index (χ3n) is 5.18. The number of aromatic amines is 1. The van der Waals surface area contributed by atoms with Crippen LogP contribution in [0.3, 0.4) is 0 Å². The minimum atomic E-state index is -0.256. The lowest BCUT2D eigenvalue weighted by Gasteiger charge is -2.07. The number of aromatic nitrogens is 4. The lowest BCUT2D eigenvalue weighted by atomic mass is 10.0. The number of hydrogen-bond acceptors (Lipinski definition) is 4. The van der Waals surface area contributed by atoms with E-state index >= 15 is 0 Å². The molecule has 152 valence electrons. The van der Waals surface area contributed by atoms with Gasteiger partial charge in [0.2, 0.25) is 5.95 Å². The summed E-state index contributed by atoms with van der Waals surface area (Å²) < 4.78 is 13.3. The van der Waals surface area contributed by atoms with E-state index in [1.54, 1.807) is 24.5 Å². The summed E-state index contributed by atoms with van der Waals surface area (Å²) in [6.45, 7) is 0.748. The van der Waals surface area contributed by atoms with Crippen LogP contribution >= 0.6 is 0 Å². The van der Waals surface area contributed by atoms with Gasteiger partial charge in [0.25, 0.3) is 0 Å². The minimum absolute atomic E-state index is 0.256. The van der Waals surface area contributed by atoms with Crippen molar-refractivity contribution in [3.63, 3.8) is 0 Å². The van der Waals surface area contributed by atoms with Crippen LogP contribution in [0.1, 0.15) is 5.56 Å². The molecule has 5 aromatic rings. The van der Waals surface area contributed by atoms with E-state index in [1.165, 1.54) is 17.7 Å². The maximum Gasteiger partial charge on any atom is 0.223 e. The Bertz CT molecular complexity index is 1310. The Kier molecular flexibility index (Phi) is 5.10. The molecule has 0 radical (unpaired) electrons. The number of H-pyrrole nitrogens is 1. The summed E-state index contributed by atoms with van der Waals surface area (Å²) in [4.78, 5) is 16.8. The van der Waals surface area contributed by atoms with Gasteiger partial charge >= 0.3 is 0 Å². The van der Waals surface area contributed by atoms with Crippen molar-refractivity contribution in [2.24, 2.45) is 0 Å². The molecular formula is C25H20FN5. The number of rotatable bonds is 6. The Morgan fingerprint density at radius 2 is 1.74 bits per heavy atom. The van der Waals surface area contributed by atoms with Gasteiger partial charge in [-0.3, -0.25) is 0 Å². The molecule has 0 saturated carbocycles. The van der Waals surface area contributed by atoms with Gasteiger partial charge in [0, 0.05) is 41.6 Å². The Morgan fingerprint density at radius 1 is 0.903 bits per heavy atom. The predicted octanol–water partition coefficient (Wildman–Crippen LogP) is 5.48. The summed E-state index contributed by atoms with van der Waals surface area (Å²) in [5.74, 6) is 0.332. The van der Waals surface area contributed by atoms with E-state index in [0.29, 0.717) is 5.95 Å². The van der Waals surface area contributed by atoms with E-state index in [1.807, 2.05) is 36.5 Å². The zero-order chi connectivity index (χ0) is 21.0. The first-order valence-corrected chi connectivity index (χ1v) is 10.1. The van der Waals surface area contributed by atoms with Crippen LogP contribution in [-0.2, 0) is 6.42 Å². The van der Waals surface area contributed by atoms with E-state index in [9.17, 15) is 4.39 Å². The molecule has 0 saturated heterocycles. The summed E-state index contributed by atoms with van der Waals surface area (Å²) in [5, 5.41) is 4.26. The first-order valence-electron chi connectivity index (χ1n) is 10.1. The molecule has 2 aromatic carbocycles. The third-order valence-corrected chi connectivity index (χ3v) is 5.18. The molecule has 0 atom stereocenters. The summed E-state index contributed by atoms with van der Waals surface area (Å²) in [5.41, 5.74) is 5.62. The van der Waals surface area contributed by atoms with E-state index in [4.69, 9.17) is 4.98 Å². The lowest BCUT2D eigenvalue weighted by Crippen LogP contribution is -2.08. The highest BCUT2D eigenvalue weighted by atomic mass is 19.1. The van der Waals surface area contributed by atoms with Gasteiger partial charge < -0.3 is 10.3 Å². The molecule has 3 aromatic heterocycles. The van der Waals surface area contributed by atoms with Crippen LogP contribution in [0, 0.1) is 5.82 Å². The molecule has 0 aliphatic rings. The number of halogens is 1. The fraction of sp³-hybridized carbons (Fsp3) is 0.0800. The number of nitrogens with one attached hydrogen (secondary N) is 2. The second-order valence-corrected chi connectivity index (χ2v) is 7.26. The molecule has 0 spiro atoms. The molecule has 6 heteroatoms. The lowest BCUT2D eigenvalue weighted by molar-refractivity contribution is 0.628. The van der Waals surface area contributed by atoms with Crippen LogP contribution in [-0.4, -0.2) is 26.5 Å². The molecule has 3 heterocycles. The van der Waals surface area contributed by atoms with Crippen molar-refractivity contribution in [1.29, 1.82) is 0 Å². The van der Waals surface area contributed by atoms with Crippen molar-refractivity contribution in [1.82, 2.24) is 19.9 Å². The average Bonchev–Trinajstić information content (AvgIpc) is 3.24. The van der Waals surface area contributed by atoms with Gasteiger partial charge in [-0.2, -0.15) is 0 Å². The third kappa shape index (κ3) is 4.14. The second-order valence-electron chi connectivity index (χ2n) is 7.26. The molecule has 0 unspecified atom stereocenters. The predicted molar refractivity (Wildman–Crippen MR) is 121 cm³/mol. The summed E-state index contributed by atoms with van der Waals surface area (Å²) >= 11 is 0. The number of hydrogen-bond donors (Lipinski definition) is 2. The topological polar surface area (TPSA) is 66.5 Å². The number of anilines is 1. The summed E-state index contributed by atoms with van der Waals surface area (Å²) in [6, 6.07) is 20.7. The van der Waals surface area contributed by atoms with Gasteiger partial charge in [-0.15, -0.1) is 0 Å². The van der Waals surface area contributed by atoms with Crippen LogP contribution in [0.2, 0.25) is 0 Å². The fourth-order valence-corrected chi connectivity index (χ4v) is 3.57. The van der Waals surface area contributed by atoms with E-state index in [-0.39, 0.29) is 5.82 Å².